The number of nitrogens with zero attached hydrogens (tertiary/aromatic N) is 3. The summed E-state index contributed by atoms with van der Waals surface area (Å²) >= 11 is 1.41. The topological polar surface area (TPSA) is 55.2 Å². The van der Waals surface area contributed by atoms with Crippen molar-refractivity contribution in [2.45, 2.75) is 18.6 Å². The van der Waals surface area contributed by atoms with Gasteiger partial charge in [-0.1, -0.05) is 36.0 Å². The van der Waals surface area contributed by atoms with Crippen LogP contribution in [-0.4, -0.2) is 32.1 Å². The smallest absolute Gasteiger partial charge is 0.262 e. The molecule has 1 aliphatic heterocycles. The molecule has 0 aliphatic carbocycles. The molecule has 2 aromatic carbocycles. The fourth-order valence-electron chi connectivity index (χ4n) is 2.95. The Bertz CT molecular complexity index is 929. The number of hydrogen-bond acceptors (Lipinski definition) is 4. The van der Waals surface area contributed by atoms with Gasteiger partial charge in [0.25, 0.3) is 11.8 Å². The third-order valence-corrected chi connectivity index (χ3v) is 5.09. The molecule has 0 bridgehead atoms. The molecule has 0 atom stereocenters. The van der Waals surface area contributed by atoms with Gasteiger partial charge in [0, 0.05) is 6.54 Å². The molecule has 5 nitrogen and oxygen atoms in total. The maximum Gasteiger partial charge on any atom is 0.262 e. The zero-order valence-electron chi connectivity index (χ0n) is 13.1. The fraction of sp³-hybridized carbons (Fsp3) is 0.167. The summed E-state index contributed by atoms with van der Waals surface area (Å²) in [5.41, 5.74) is 2.94. The van der Waals surface area contributed by atoms with Gasteiger partial charge in [-0.15, -0.1) is 0 Å². The Morgan fingerprint density at radius 2 is 1.58 bits per heavy atom. The van der Waals surface area contributed by atoms with Gasteiger partial charge in [0.15, 0.2) is 5.16 Å². The van der Waals surface area contributed by atoms with E-state index >= 15 is 0 Å². The number of thioether (sulfide) groups is 1. The van der Waals surface area contributed by atoms with Crippen LogP contribution in [-0.2, 0) is 6.54 Å². The van der Waals surface area contributed by atoms with E-state index in [1.807, 2.05) is 24.3 Å². The SMILES string of the molecule is CCn1c(SCN2C(=O)c3ccccc3C2=O)nc2ccccc21. The second kappa shape index (κ2) is 5.79. The molecule has 0 unspecified atom stereocenters. The zero-order chi connectivity index (χ0) is 16.7. The van der Waals surface area contributed by atoms with Gasteiger partial charge in [-0.25, -0.2) is 4.98 Å². The zero-order valence-corrected chi connectivity index (χ0v) is 13.9. The van der Waals surface area contributed by atoms with Crippen molar-refractivity contribution in [3.8, 4) is 0 Å². The van der Waals surface area contributed by atoms with E-state index in [4.69, 9.17) is 0 Å². The van der Waals surface area contributed by atoms with Gasteiger partial charge in [-0.2, -0.15) is 0 Å². The minimum atomic E-state index is -0.234. The monoisotopic (exact) mass is 337 g/mol. The Kier molecular flexibility index (Phi) is 3.61. The lowest BCUT2D eigenvalue weighted by molar-refractivity contribution is 0.0684. The summed E-state index contributed by atoms with van der Waals surface area (Å²) in [6.07, 6.45) is 0. The number of carbonyl (C=O) groups is 2. The van der Waals surface area contributed by atoms with Gasteiger partial charge in [0.1, 0.15) is 0 Å². The number of benzene rings is 2. The molecule has 2 amide bonds. The first-order valence-corrected chi connectivity index (χ1v) is 8.72. The van der Waals surface area contributed by atoms with E-state index in [1.165, 1.54) is 16.7 Å². The van der Waals surface area contributed by atoms with Crippen molar-refractivity contribution in [2.75, 3.05) is 5.88 Å². The number of fused-ring (bicyclic) bond motifs is 2. The first-order chi connectivity index (χ1) is 11.7. The van der Waals surface area contributed by atoms with Crippen LogP contribution in [0.4, 0.5) is 0 Å². The highest BCUT2D eigenvalue weighted by atomic mass is 32.2. The van der Waals surface area contributed by atoms with Crippen molar-refractivity contribution >= 4 is 34.6 Å². The van der Waals surface area contributed by atoms with E-state index in [0.717, 1.165) is 22.7 Å². The van der Waals surface area contributed by atoms with Crippen molar-refractivity contribution in [3.63, 3.8) is 0 Å². The standard InChI is InChI=1S/C18H15N3O2S/c1-2-20-15-10-6-5-9-14(15)19-18(20)24-11-21-16(22)12-7-3-4-8-13(12)17(21)23/h3-10H,2,11H2,1H3. The second-order valence-electron chi connectivity index (χ2n) is 5.48. The van der Waals surface area contributed by atoms with Crippen LogP contribution >= 0.6 is 11.8 Å². The van der Waals surface area contributed by atoms with E-state index in [1.54, 1.807) is 24.3 Å². The lowest BCUT2D eigenvalue weighted by atomic mass is 10.1. The largest absolute Gasteiger partial charge is 0.319 e. The molecule has 0 N–H and O–H groups in total. The fourth-order valence-corrected chi connectivity index (χ4v) is 3.97. The van der Waals surface area contributed by atoms with E-state index in [9.17, 15) is 9.59 Å². The summed E-state index contributed by atoms with van der Waals surface area (Å²) in [5.74, 6) is -0.208. The molecule has 0 fully saturated rings. The van der Waals surface area contributed by atoms with Gasteiger partial charge in [-0.05, 0) is 31.2 Å². The number of rotatable bonds is 4. The van der Waals surface area contributed by atoms with Crippen LogP contribution in [0.1, 0.15) is 27.6 Å². The summed E-state index contributed by atoms with van der Waals surface area (Å²) < 4.78 is 2.10. The Morgan fingerprint density at radius 1 is 0.958 bits per heavy atom. The van der Waals surface area contributed by atoms with E-state index in [0.29, 0.717) is 11.1 Å². The molecule has 120 valence electrons. The first kappa shape index (κ1) is 15.0. The molecule has 6 heteroatoms. The number of imide groups is 1. The van der Waals surface area contributed by atoms with Crippen molar-refractivity contribution in [2.24, 2.45) is 0 Å². The second-order valence-corrected chi connectivity index (χ2v) is 6.40. The summed E-state index contributed by atoms with van der Waals surface area (Å²) in [7, 11) is 0. The van der Waals surface area contributed by atoms with Crippen LogP contribution in [0, 0.1) is 0 Å². The molecule has 0 radical (unpaired) electrons. The van der Waals surface area contributed by atoms with Crippen molar-refractivity contribution in [3.05, 3.63) is 59.7 Å². The molecule has 2 heterocycles. The van der Waals surface area contributed by atoms with Gasteiger partial charge in [-0.3, -0.25) is 14.5 Å². The van der Waals surface area contributed by atoms with Crippen molar-refractivity contribution < 1.29 is 9.59 Å². The van der Waals surface area contributed by atoms with Gasteiger partial charge >= 0.3 is 0 Å². The highest BCUT2D eigenvalue weighted by Crippen LogP contribution is 2.28. The normalized spacial score (nSPS) is 13.8. The Morgan fingerprint density at radius 3 is 2.25 bits per heavy atom. The van der Waals surface area contributed by atoms with Gasteiger partial charge < -0.3 is 4.57 Å². The van der Waals surface area contributed by atoms with E-state index < -0.39 is 0 Å². The molecule has 0 saturated carbocycles. The molecule has 4 rings (SSSR count). The Labute approximate surface area is 143 Å². The molecule has 0 spiro atoms. The minimum Gasteiger partial charge on any atom is -0.319 e. The number of imidazole rings is 1. The number of aryl methyl sites for hydroxylation is 1. The maximum atomic E-state index is 12.4. The average Bonchev–Trinajstić information content (AvgIpc) is 3.09. The van der Waals surface area contributed by atoms with E-state index in [2.05, 4.69) is 16.5 Å². The van der Waals surface area contributed by atoms with Crippen LogP contribution in [0.2, 0.25) is 0 Å². The molecule has 3 aromatic rings. The summed E-state index contributed by atoms with van der Waals surface area (Å²) in [6.45, 7) is 2.84. The Hall–Kier alpha value is -2.60. The van der Waals surface area contributed by atoms with Crippen molar-refractivity contribution in [1.82, 2.24) is 14.5 Å². The lowest BCUT2D eigenvalue weighted by Crippen LogP contribution is -2.29. The lowest BCUT2D eigenvalue weighted by Gasteiger charge is -2.13. The maximum absolute atomic E-state index is 12.4. The molecule has 1 aromatic heterocycles. The Balaban J connectivity index is 1.60. The minimum absolute atomic E-state index is 0.234. The first-order valence-electron chi connectivity index (χ1n) is 7.74. The highest BCUT2D eigenvalue weighted by Gasteiger charge is 2.35. The molecular weight excluding hydrogens is 322 g/mol. The average molecular weight is 337 g/mol. The van der Waals surface area contributed by atoms with E-state index in [-0.39, 0.29) is 17.7 Å². The third kappa shape index (κ3) is 2.22. The van der Waals surface area contributed by atoms with Crippen LogP contribution in [0.15, 0.2) is 53.7 Å². The summed E-state index contributed by atoms with van der Waals surface area (Å²) in [4.78, 5) is 30.7. The molecule has 1 aliphatic rings. The summed E-state index contributed by atoms with van der Waals surface area (Å²) in [6, 6.07) is 14.9. The predicted molar refractivity (Wildman–Crippen MR) is 93.1 cm³/mol. The number of amides is 2. The highest BCUT2D eigenvalue weighted by molar-refractivity contribution is 7.99. The van der Waals surface area contributed by atoms with Gasteiger partial charge in [0.05, 0.1) is 28.0 Å². The number of aromatic nitrogens is 2. The molecule has 24 heavy (non-hydrogen) atoms. The number of hydrogen-bond donors (Lipinski definition) is 0. The number of para-hydroxylation sites is 2. The quantitative estimate of drug-likeness (QED) is 0.541. The van der Waals surface area contributed by atoms with Crippen LogP contribution < -0.4 is 0 Å². The molecule has 0 saturated heterocycles. The van der Waals surface area contributed by atoms with Crippen LogP contribution in [0.5, 0.6) is 0 Å². The van der Waals surface area contributed by atoms with Crippen molar-refractivity contribution in [1.29, 1.82) is 0 Å². The third-order valence-electron chi connectivity index (χ3n) is 4.14. The number of carbonyl (C=O) groups excluding carboxylic acids is 2. The van der Waals surface area contributed by atoms with Gasteiger partial charge in [0.2, 0.25) is 0 Å². The summed E-state index contributed by atoms with van der Waals surface area (Å²) in [5, 5.41) is 0.815. The van der Waals surface area contributed by atoms with Crippen LogP contribution in [0.3, 0.4) is 0 Å². The van der Waals surface area contributed by atoms with Crippen LogP contribution in [0.25, 0.3) is 11.0 Å². The molecular formula is C18H15N3O2S. The predicted octanol–water partition coefficient (Wildman–Crippen LogP) is 3.40.